The summed E-state index contributed by atoms with van der Waals surface area (Å²) in [7, 11) is 0. The average molecular weight is 287 g/mol. The molecule has 0 radical (unpaired) electrons. The summed E-state index contributed by atoms with van der Waals surface area (Å²) in [6.45, 7) is 5.81. The predicted octanol–water partition coefficient (Wildman–Crippen LogP) is 2.19. The van der Waals surface area contributed by atoms with Gasteiger partial charge in [0.15, 0.2) is 11.9 Å². The molecule has 2 N–H and O–H groups in total. The normalized spacial score (nSPS) is 17.6. The zero-order valence-electron chi connectivity index (χ0n) is 12.2. The first-order valence-corrected chi connectivity index (χ1v) is 6.77. The van der Waals surface area contributed by atoms with Crippen molar-refractivity contribution in [2.75, 3.05) is 10.6 Å². The van der Waals surface area contributed by atoms with Gasteiger partial charge >= 0.3 is 0 Å². The van der Waals surface area contributed by atoms with Crippen LogP contribution in [0.4, 0.5) is 11.4 Å². The van der Waals surface area contributed by atoms with Crippen molar-refractivity contribution >= 4 is 17.3 Å². The first-order chi connectivity index (χ1) is 9.99. The predicted molar refractivity (Wildman–Crippen MR) is 78.1 cm³/mol. The molecule has 110 valence electrons. The molecule has 2 aromatic rings. The number of nitrogens with zero attached hydrogens (tertiary/aromatic N) is 2. The number of hydrogen-bond acceptors (Lipinski definition) is 5. The molecule has 0 saturated heterocycles. The van der Waals surface area contributed by atoms with E-state index in [1.165, 1.54) is 0 Å². The Kier molecular flexibility index (Phi) is 3.08. The van der Waals surface area contributed by atoms with Gasteiger partial charge in [-0.1, -0.05) is 11.2 Å². The third-order valence-electron chi connectivity index (χ3n) is 3.72. The largest absolute Gasteiger partial charge is 0.477 e. The first-order valence-electron chi connectivity index (χ1n) is 6.77. The van der Waals surface area contributed by atoms with E-state index in [2.05, 4.69) is 5.16 Å². The van der Waals surface area contributed by atoms with Crippen LogP contribution in [0, 0.1) is 13.8 Å². The molecule has 1 aromatic carbocycles. The number of fused-ring (bicyclic) bond motifs is 1. The summed E-state index contributed by atoms with van der Waals surface area (Å²) in [5.41, 5.74) is 8.84. The van der Waals surface area contributed by atoms with E-state index in [0.29, 0.717) is 29.4 Å². The van der Waals surface area contributed by atoms with Crippen LogP contribution in [0.3, 0.4) is 0 Å². The number of carbonyl (C=O) groups is 1. The Morgan fingerprint density at radius 2 is 2.14 bits per heavy atom. The molecule has 6 heteroatoms. The lowest BCUT2D eigenvalue weighted by molar-refractivity contribution is -0.125. The number of rotatable bonds is 2. The van der Waals surface area contributed by atoms with Crippen LogP contribution in [-0.4, -0.2) is 17.2 Å². The van der Waals surface area contributed by atoms with Gasteiger partial charge in [0.25, 0.3) is 5.91 Å². The van der Waals surface area contributed by atoms with Gasteiger partial charge in [-0.05, 0) is 32.9 Å². The molecule has 1 amide bonds. The van der Waals surface area contributed by atoms with Crippen LogP contribution in [0.25, 0.3) is 0 Å². The second-order valence-electron chi connectivity index (χ2n) is 5.18. The smallest absolute Gasteiger partial charge is 0.268 e. The highest BCUT2D eigenvalue weighted by molar-refractivity contribution is 6.01. The fourth-order valence-corrected chi connectivity index (χ4v) is 2.50. The van der Waals surface area contributed by atoms with E-state index >= 15 is 0 Å². The molecule has 6 nitrogen and oxygen atoms in total. The Morgan fingerprint density at radius 1 is 1.38 bits per heavy atom. The van der Waals surface area contributed by atoms with E-state index in [1.807, 2.05) is 19.9 Å². The Balaban J connectivity index is 2.05. The van der Waals surface area contributed by atoms with Crippen LogP contribution >= 0.6 is 0 Å². The second kappa shape index (κ2) is 4.80. The lowest BCUT2D eigenvalue weighted by Gasteiger charge is -2.33. The van der Waals surface area contributed by atoms with E-state index in [0.717, 1.165) is 11.3 Å². The molecule has 1 unspecified atom stereocenters. The maximum absolute atomic E-state index is 12.5. The van der Waals surface area contributed by atoms with E-state index in [4.69, 9.17) is 15.0 Å². The van der Waals surface area contributed by atoms with E-state index in [1.54, 1.807) is 24.0 Å². The summed E-state index contributed by atoms with van der Waals surface area (Å²) < 4.78 is 10.8. The van der Waals surface area contributed by atoms with Crippen molar-refractivity contribution in [2.45, 2.75) is 33.4 Å². The molecule has 1 aliphatic rings. The minimum atomic E-state index is -0.567. The van der Waals surface area contributed by atoms with Crippen LogP contribution in [0.15, 0.2) is 22.7 Å². The summed E-state index contributed by atoms with van der Waals surface area (Å²) in [5, 5.41) is 3.93. The van der Waals surface area contributed by atoms with Gasteiger partial charge in [0.05, 0.1) is 23.6 Å². The Morgan fingerprint density at radius 3 is 2.81 bits per heavy atom. The fourth-order valence-electron chi connectivity index (χ4n) is 2.50. The summed E-state index contributed by atoms with van der Waals surface area (Å²) >= 11 is 0. The first kappa shape index (κ1) is 13.5. The Hall–Kier alpha value is -2.50. The molecular formula is C15H17N3O3. The molecule has 2 heterocycles. The number of nitrogens with two attached hydrogens (primary N) is 1. The number of aromatic nitrogens is 1. The maximum Gasteiger partial charge on any atom is 0.268 e. The molecule has 0 bridgehead atoms. The molecule has 0 saturated carbocycles. The fraction of sp³-hybridized carbons (Fsp3) is 0.333. The highest BCUT2D eigenvalue weighted by Gasteiger charge is 2.33. The Labute approximate surface area is 122 Å². The minimum Gasteiger partial charge on any atom is -0.477 e. The summed E-state index contributed by atoms with van der Waals surface area (Å²) in [5.74, 6) is 1.16. The van der Waals surface area contributed by atoms with Gasteiger partial charge in [0, 0.05) is 5.56 Å². The summed E-state index contributed by atoms with van der Waals surface area (Å²) in [6.07, 6.45) is -0.567. The molecule has 1 aromatic heterocycles. The molecule has 0 aliphatic carbocycles. The van der Waals surface area contributed by atoms with Crippen molar-refractivity contribution in [1.29, 1.82) is 0 Å². The second-order valence-corrected chi connectivity index (χ2v) is 5.18. The van der Waals surface area contributed by atoms with E-state index in [-0.39, 0.29) is 5.91 Å². The SMILES string of the molecule is Cc1noc(C)c1CN1C(=O)C(C)Oc2c(N)cccc21. The van der Waals surface area contributed by atoms with Crippen LogP contribution < -0.4 is 15.4 Å². The minimum absolute atomic E-state index is 0.104. The highest BCUT2D eigenvalue weighted by atomic mass is 16.5. The standard InChI is InChI=1S/C15H17N3O3/c1-8-11(9(2)21-17-8)7-18-13-6-4-5-12(16)14(13)20-10(3)15(18)19/h4-6,10H,7,16H2,1-3H3. The number of benzene rings is 1. The van der Waals surface area contributed by atoms with Crippen molar-refractivity contribution in [1.82, 2.24) is 5.16 Å². The van der Waals surface area contributed by atoms with Crippen molar-refractivity contribution < 1.29 is 14.1 Å². The highest BCUT2D eigenvalue weighted by Crippen LogP contribution is 2.39. The van der Waals surface area contributed by atoms with Crippen molar-refractivity contribution in [2.24, 2.45) is 0 Å². The molecule has 1 aliphatic heterocycles. The number of hydrogen-bond donors (Lipinski definition) is 1. The molecule has 21 heavy (non-hydrogen) atoms. The molecule has 0 fully saturated rings. The number of carbonyl (C=O) groups excluding carboxylic acids is 1. The molecule has 1 atom stereocenters. The summed E-state index contributed by atoms with van der Waals surface area (Å²) in [6, 6.07) is 5.39. The average Bonchev–Trinajstić information content (AvgIpc) is 2.76. The summed E-state index contributed by atoms with van der Waals surface area (Å²) in [4.78, 5) is 14.1. The van der Waals surface area contributed by atoms with Gasteiger partial charge in [0.1, 0.15) is 5.76 Å². The van der Waals surface area contributed by atoms with E-state index in [9.17, 15) is 4.79 Å². The maximum atomic E-state index is 12.5. The van der Waals surface area contributed by atoms with Crippen LogP contribution in [0.1, 0.15) is 23.9 Å². The topological polar surface area (TPSA) is 81.6 Å². The van der Waals surface area contributed by atoms with Gasteiger partial charge in [-0.15, -0.1) is 0 Å². The Bertz CT molecular complexity index is 689. The third kappa shape index (κ3) is 2.12. The quantitative estimate of drug-likeness (QED) is 0.856. The van der Waals surface area contributed by atoms with Gasteiger partial charge in [-0.2, -0.15) is 0 Å². The zero-order chi connectivity index (χ0) is 15.1. The van der Waals surface area contributed by atoms with Crippen molar-refractivity contribution in [3.63, 3.8) is 0 Å². The molecular weight excluding hydrogens is 270 g/mol. The number of ether oxygens (including phenoxy) is 1. The number of anilines is 2. The van der Waals surface area contributed by atoms with E-state index < -0.39 is 6.10 Å². The van der Waals surface area contributed by atoms with Gasteiger partial charge < -0.3 is 19.9 Å². The van der Waals surface area contributed by atoms with Crippen LogP contribution in [-0.2, 0) is 11.3 Å². The lowest BCUT2D eigenvalue weighted by atomic mass is 10.1. The van der Waals surface area contributed by atoms with Gasteiger partial charge in [0.2, 0.25) is 0 Å². The zero-order valence-corrected chi connectivity index (χ0v) is 12.2. The van der Waals surface area contributed by atoms with Crippen molar-refractivity contribution in [3.05, 3.63) is 35.2 Å². The van der Waals surface area contributed by atoms with Crippen LogP contribution in [0.2, 0.25) is 0 Å². The van der Waals surface area contributed by atoms with Gasteiger partial charge in [-0.3, -0.25) is 4.79 Å². The lowest BCUT2D eigenvalue weighted by Crippen LogP contribution is -2.44. The number of aryl methyl sites for hydroxylation is 2. The number of nitrogen functional groups attached to an aromatic ring is 1. The van der Waals surface area contributed by atoms with Gasteiger partial charge in [-0.25, -0.2) is 0 Å². The number of amides is 1. The number of para-hydroxylation sites is 1. The monoisotopic (exact) mass is 287 g/mol. The molecule has 0 spiro atoms. The molecule has 3 rings (SSSR count). The van der Waals surface area contributed by atoms with Crippen LogP contribution in [0.5, 0.6) is 5.75 Å². The third-order valence-corrected chi connectivity index (χ3v) is 3.72. The van der Waals surface area contributed by atoms with Crippen molar-refractivity contribution in [3.8, 4) is 5.75 Å².